The van der Waals surface area contributed by atoms with Crippen molar-refractivity contribution in [3.05, 3.63) is 57.8 Å². The molecule has 1 heterocycles. The number of nitrogen functional groups attached to an aromatic ring is 1. The van der Waals surface area contributed by atoms with Gasteiger partial charge in [0, 0.05) is 11.8 Å². The number of nitrogens with zero attached hydrogens (tertiary/aromatic N) is 2. The Hall–Kier alpha value is -2.96. The van der Waals surface area contributed by atoms with Gasteiger partial charge in [-0.25, -0.2) is 4.98 Å². The van der Waals surface area contributed by atoms with Crippen molar-refractivity contribution in [1.29, 1.82) is 5.41 Å². The molecule has 0 atom stereocenters. The van der Waals surface area contributed by atoms with Gasteiger partial charge in [0.2, 0.25) is 5.88 Å². The zero-order valence-corrected chi connectivity index (χ0v) is 10.7. The molecule has 102 valence electrons. The van der Waals surface area contributed by atoms with Crippen LogP contribution in [0.1, 0.15) is 11.3 Å². The first kappa shape index (κ1) is 13.5. The second kappa shape index (κ2) is 5.35. The number of hydrogen-bond donors (Lipinski definition) is 2. The first-order valence-electron chi connectivity index (χ1n) is 5.71. The quantitative estimate of drug-likeness (QED) is 0.383. The van der Waals surface area contributed by atoms with Gasteiger partial charge in [-0.3, -0.25) is 15.5 Å². The number of aromatic nitrogens is 1. The van der Waals surface area contributed by atoms with E-state index in [9.17, 15) is 10.1 Å². The number of aryl methyl sites for hydroxylation is 1. The van der Waals surface area contributed by atoms with Crippen LogP contribution in [0.3, 0.4) is 0 Å². The molecule has 2 aromatic rings. The molecule has 0 saturated carbocycles. The summed E-state index contributed by atoms with van der Waals surface area (Å²) < 4.78 is 5.51. The van der Waals surface area contributed by atoms with Gasteiger partial charge in [0.1, 0.15) is 11.6 Å². The Bertz CT molecular complexity index is 685. The molecule has 3 N–H and O–H groups in total. The fraction of sp³-hybridized carbons (Fsp3) is 0.0769. The number of amidine groups is 1. The highest BCUT2D eigenvalue weighted by Crippen LogP contribution is 2.26. The highest BCUT2D eigenvalue weighted by molar-refractivity contribution is 5.97. The van der Waals surface area contributed by atoms with Crippen LogP contribution < -0.4 is 10.5 Å². The van der Waals surface area contributed by atoms with E-state index in [1.807, 2.05) is 0 Å². The molecule has 0 saturated heterocycles. The number of nitro benzene ring substituents is 1. The number of pyridine rings is 1. The molecule has 20 heavy (non-hydrogen) atoms. The van der Waals surface area contributed by atoms with Crippen LogP contribution in [0.25, 0.3) is 0 Å². The smallest absolute Gasteiger partial charge is 0.273 e. The van der Waals surface area contributed by atoms with Crippen LogP contribution in [0.4, 0.5) is 5.69 Å². The van der Waals surface area contributed by atoms with E-state index in [0.717, 1.165) is 0 Å². The van der Waals surface area contributed by atoms with E-state index < -0.39 is 4.92 Å². The lowest BCUT2D eigenvalue weighted by Crippen LogP contribution is -2.13. The molecule has 0 bridgehead atoms. The van der Waals surface area contributed by atoms with E-state index >= 15 is 0 Å². The van der Waals surface area contributed by atoms with Gasteiger partial charge in [-0.2, -0.15) is 0 Å². The number of hydrogen-bond acceptors (Lipinski definition) is 5. The molecule has 0 fully saturated rings. The minimum atomic E-state index is -0.511. The minimum Gasteiger partial charge on any atom is -0.438 e. The molecule has 1 aromatic heterocycles. The molecule has 0 aliphatic rings. The zero-order valence-electron chi connectivity index (χ0n) is 10.7. The zero-order chi connectivity index (χ0) is 14.7. The van der Waals surface area contributed by atoms with Crippen molar-refractivity contribution >= 4 is 11.5 Å². The summed E-state index contributed by atoms with van der Waals surface area (Å²) in [5.41, 5.74) is 6.39. The molecule has 1 aromatic carbocycles. The highest BCUT2D eigenvalue weighted by atomic mass is 16.6. The number of non-ortho nitro benzene ring substituents is 1. The molecule has 0 spiro atoms. The summed E-state index contributed by atoms with van der Waals surface area (Å²) in [6, 6.07) is 9.06. The fourth-order valence-electron chi connectivity index (χ4n) is 1.59. The first-order chi connectivity index (χ1) is 9.47. The Morgan fingerprint density at radius 2 is 2.15 bits per heavy atom. The molecule has 0 unspecified atom stereocenters. The molecule has 0 radical (unpaired) electrons. The van der Waals surface area contributed by atoms with E-state index in [4.69, 9.17) is 15.9 Å². The third-order valence-corrected chi connectivity index (χ3v) is 2.53. The van der Waals surface area contributed by atoms with Crippen LogP contribution in [0, 0.1) is 22.4 Å². The van der Waals surface area contributed by atoms with Crippen molar-refractivity contribution in [3.63, 3.8) is 0 Å². The predicted octanol–water partition coefficient (Wildman–Crippen LogP) is 2.37. The van der Waals surface area contributed by atoms with Gasteiger partial charge in [0.05, 0.1) is 16.6 Å². The van der Waals surface area contributed by atoms with Crippen LogP contribution in [0.2, 0.25) is 0 Å². The van der Waals surface area contributed by atoms with Gasteiger partial charge in [0.15, 0.2) is 0 Å². The molecular formula is C13H12N4O3. The predicted molar refractivity (Wildman–Crippen MR) is 73.2 cm³/mol. The van der Waals surface area contributed by atoms with E-state index in [0.29, 0.717) is 11.3 Å². The maximum absolute atomic E-state index is 10.7. The molecular weight excluding hydrogens is 260 g/mol. The van der Waals surface area contributed by atoms with Crippen molar-refractivity contribution in [3.8, 4) is 11.6 Å². The van der Waals surface area contributed by atoms with Gasteiger partial charge in [0.25, 0.3) is 5.69 Å². The Morgan fingerprint density at radius 1 is 1.40 bits per heavy atom. The lowest BCUT2D eigenvalue weighted by Gasteiger charge is -2.09. The van der Waals surface area contributed by atoms with Crippen LogP contribution >= 0.6 is 0 Å². The van der Waals surface area contributed by atoms with E-state index in [-0.39, 0.29) is 23.2 Å². The number of nitrogens with one attached hydrogen (secondary N) is 1. The monoisotopic (exact) mass is 272 g/mol. The normalized spacial score (nSPS) is 10.1. The Balaban J connectivity index is 2.39. The summed E-state index contributed by atoms with van der Waals surface area (Å²) in [5.74, 6) is 0.232. The molecule has 0 aliphatic carbocycles. The number of rotatable bonds is 4. The number of nitrogens with two attached hydrogens (primary N) is 1. The van der Waals surface area contributed by atoms with Crippen molar-refractivity contribution < 1.29 is 9.66 Å². The maximum Gasteiger partial charge on any atom is 0.273 e. The van der Waals surface area contributed by atoms with Crippen LogP contribution in [-0.2, 0) is 0 Å². The van der Waals surface area contributed by atoms with E-state index in [1.165, 1.54) is 18.2 Å². The SMILES string of the molecule is Cc1ccc(C(=N)N)c(Oc2cccc([N+](=O)[O-])c2)n1. The summed E-state index contributed by atoms with van der Waals surface area (Å²) in [6.45, 7) is 1.77. The molecule has 0 amide bonds. The van der Waals surface area contributed by atoms with Crippen LogP contribution in [0.15, 0.2) is 36.4 Å². The fourth-order valence-corrected chi connectivity index (χ4v) is 1.59. The number of benzene rings is 1. The second-order valence-electron chi connectivity index (χ2n) is 4.08. The van der Waals surface area contributed by atoms with Crippen molar-refractivity contribution in [2.75, 3.05) is 0 Å². The first-order valence-corrected chi connectivity index (χ1v) is 5.71. The largest absolute Gasteiger partial charge is 0.438 e. The average Bonchev–Trinajstić information content (AvgIpc) is 2.38. The summed E-state index contributed by atoms with van der Waals surface area (Å²) >= 11 is 0. The summed E-state index contributed by atoms with van der Waals surface area (Å²) in [7, 11) is 0. The molecule has 0 aliphatic heterocycles. The van der Waals surface area contributed by atoms with Crippen molar-refractivity contribution in [2.24, 2.45) is 5.73 Å². The van der Waals surface area contributed by atoms with Crippen molar-refractivity contribution in [1.82, 2.24) is 4.98 Å². The number of nitro groups is 1. The number of ether oxygens (including phenoxy) is 1. The van der Waals surface area contributed by atoms with Gasteiger partial charge in [-0.15, -0.1) is 0 Å². The van der Waals surface area contributed by atoms with Gasteiger partial charge >= 0.3 is 0 Å². The summed E-state index contributed by atoms with van der Waals surface area (Å²) in [4.78, 5) is 14.4. The summed E-state index contributed by atoms with van der Waals surface area (Å²) in [6.07, 6.45) is 0. The second-order valence-corrected chi connectivity index (χ2v) is 4.08. The average molecular weight is 272 g/mol. The Kier molecular flexibility index (Phi) is 3.60. The maximum atomic E-state index is 10.7. The van der Waals surface area contributed by atoms with E-state index in [1.54, 1.807) is 25.1 Å². The molecule has 2 rings (SSSR count). The minimum absolute atomic E-state index is 0.0838. The molecule has 7 nitrogen and oxygen atoms in total. The van der Waals surface area contributed by atoms with Gasteiger partial charge < -0.3 is 10.5 Å². The Morgan fingerprint density at radius 3 is 2.80 bits per heavy atom. The van der Waals surface area contributed by atoms with E-state index in [2.05, 4.69) is 4.98 Å². The Labute approximate surface area is 114 Å². The lowest BCUT2D eigenvalue weighted by atomic mass is 10.2. The van der Waals surface area contributed by atoms with Crippen LogP contribution in [0.5, 0.6) is 11.6 Å². The standard InChI is InChI=1S/C13H12N4O3/c1-8-5-6-11(12(14)15)13(16-8)20-10-4-2-3-9(7-10)17(18)19/h2-7H,1H3,(H3,14,15). The third kappa shape index (κ3) is 2.89. The third-order valence-electron chi connectivity index (χ3n) is 2.53. The van der Waals surface area contributed by atoms with Gasteiger partial charge in [-0.05, 0) is 25.1 Å². The lowest BCUT2D eigenvalue weighted by molar-refractivity contribution is -0.384. The summed E-state index contributed by atoms with van der Waals surface area (Å²) in [5, 5.41) is 18.2. The van der Waals surface area contributed by atoms with Crippen LogP contribution in [-0.4, -0.2) is 15.7 Å². The van der Waals surface area contributed by atoms with Crippen molar-refractivity contribution in [2.45, 2.75) is 6.92 Å². The highest BCUT2D eigenvalue weighted by Gasteiger charge is 2.12. The van der Waals surface area contributed by atoms with Gasteiger partial charge in [-0.1, -0.05) is 6.07 Å². The molecule has 7 heteroatoms. The topological polar surface area (TPSA) is 115 Å².